The minimum Gasteiger partial charge on any atom is -0.379 e. The predicted octanol–water partition coefficient (Wildman–Crippen LogP) is 2.53. The normalized spacial score (nSPS) is 15.7. The Labute approximate surface area is 148 Å². The highest BCUT2D eigenvalue weighted by Crippen LogP contribution is 2.05. The van der Waals surface area contributed by atoms with Crippen LogP contribution in [-0.2, 0) is 11.3 Å². The summed E-state index contributed by atoms with van der Waals surface area (Å²) < 4.78 is 6.93. The van der Waals surface area contributed by atoms with Gasteiger partial charge in [0, 0.05) is 31.4 Å². The molecule has 0 N–H and O–H groups in total. The van der Waals surface area contributed by atoms with Gasteiger partial charge in [0.1, 0.15) is 0 Å². The van der Waals surface area contributed by atoms with Crippen molar-refractivity contribution in [2.45, 2.75) is 19.4 Å². The van der Waals surface area contributed by atoms with Gasteiger partial charge in [-0.25, -0.2) is 4.68 Å². The van der Waals surface area contributed by atoms with Gasteiger partial charge in [0.2, 0.25) is 0 Å². The van der Waals surface area contributed by atoms with Crippen LogP contribution in [0, 0.1) is 0 Å². The van der Waals surface area contributed by atoms with E-state index >= 15 is 0 Å². The Morgan fingerprint density at radius 2 is 1.76 bits per heavy atom. The van der Waals surface area contributed by atoms with E-state index in [1.807, 2.05) is 42.5 Å². The van der Waals surface area contributed by atoms with Crippen molar-refractivity contribution in [2.75, 3.05) is 32.8 Å². The van der Waals surface area contributed by atoms with Crippen molar-refractivity contribution in [3.63, 3.8) is 0 Å². The van der Waals surface area contributed by atoms with E-state index in [4.69, 9.17) is 4.74 Å². The van der Waals surface area contributed by atoms with E-state index in [-0.39, 0.29) is 5.56 Å². The molecule has 2 heterocycles. The maximum atomic E-state index is 12.5. The Hall–Kier alpha value is -2.24. The van der Waals surface area contributed by atoms with Crippen molar-refractivity contribution in [3.8, 4) is 0 Å². The number of aryl methyl sites for hydroxylation is 1. The molecule has 2 aromatic rings. The van der Waals surface area contributed by atoms with Gasteiger partial charge in [-0.1, -0.05) is 36.4 Å². The van der Waals surface area contributed by atoms with Gasteiger partial charge in [-0.2, -0.15) is 5.10 Å². The topological polar surface area (TPSA) is 47.4 Å². The number of rotatable bonds is 7. The number of nitrogens with zero attached hydrogens (tertiary/aromatic N) is 3. The van der Waals surface area contributed by atoms with Gasteiger partial charge in [0.15, 0.2) is 0 Å². The van der Waals surface area contributed by atoms with E-state index in [0.29, 0.717) is 12.1 Å². The fraction of sp³-hybridized carbons (Fsp3) is 0.400. The molecule has 1 aliphatic rings. The maximum absolute atomic E-state index is 12.5. The average molecular weight is 339 g/mol. The minimum absolute atomic E-state index is 0.0268. The number of ether oxygens (including phenoxy) is 1. The standard InChI is InChI=1S/C20H25N3O2/c24-20-19(9-8-18-6-2-1-3-7-18)10-11-21-23(20)13-5-4-12-22-14-16-25-17-15-22/h1-3,6-11H,4-5,12-17H2/b9-8+. The summed E-state index contributed by atoms with van der Waals surface area (Å²) in [6, 6.07) is 11.8. The molecule has 0 unspecified atom stereocenters. The second-order valence-corrected chi connectivity index (χ2v) is 6.22. The second-order valence-electron chi connectivity index (χ2n) is 6.22. The summed E-state index contributed by atoms with van der Waals surface area (Å²) in [5.41, 5.74) is 1.73. The fourth-order valence-corrected chi connectivity index (χ4v) is 2.92. The number of morpholine rings is 1. The van der Waals surface area contributed by atoms with E-state index in [9.17, 15) is 4.79 Å². The van der Waals surface area contributed by atoms with Crippen LogP contribution in [0.25, 0.3) is 12.2 Å². The van der Waals surface area contributed by atoms with E-state index < -0.39 is 0 Å². The van der Waals surface area contributed by atoms with E-state index in [2.05, 4.69) is 10.00 Å². The lowest BCUT2D eigenvalue weighted by molar-refractivity contribution is 0.0370. The summed E-state index contributed by atoms with van der Waals surface area (Å²) in [6.07, 6.45) is 7.55. The van der Waals surface area contributed by atoms with Crippen molar-refractivity contribution in [3.05, 3.63) is 64.1 Å². The molecular formula is C20H25N3O2. The molecule has 0 spiro atoms. The number of benzene rings is 1. The van der Waals surface area contributed by atoms with Crippen LogP contribution in [-0.4, -0.2) is 47.5 Å². The second kappa shape index (κ2) is 9.30. The van der Waals surface area contributed by atoms with E-state index in [1.54, 1.807) is 16.9 Å². The molecule has 0 atom stereocenters. The van der Waals surface area contributed by atoms with Crippen molar-refractivity contribution in [2.24, 2.45) is 0 Å². The Morgan fingerprint density at radius 1 is 1.00 bits per heavy atom. The number of unbranched alkanes of at least 4 members (excludes halogenated alkanes) is 1. The van der Waals surface area contributed by atoms with Crippen LogP contribution >= 0.6 is 0 Å². The Balaban J connectivity index is 1.53. The quantitative estimate of drug-likeness (QED) is 0.727. The van der Waals surface area contributed by atoms with Crippen LogP contribution in [0.2, 0.25) is 0 Å². The summed E-state index contributed by atoms with van der Waals surface area (Å²) >= 11 is 0. The number of aromatic nitrogens is 2. The zero-order valence-corrected chi connectivity index (χ0v) is 14.5. The average Bonchev–Trinajstić information content (AvgIpc) is 2.67. The van der Waals surface area contributed by atoms with Gasteiger partial charge in [-0.15, -0.1) is 0 Å². The fourth-order valence-electron chi connectivity index (χ4n) is 2.92. The van der Waals surface area contributed by atoms with Gasteiger partial charge in [0.05, 0.1) is 13.2 Å². The molecule has 3 rings (SSSR count). The molecule has 1 aliphatic heterocycles. The predicted molar refractivity (Wildman–Crippen MR) is 100 cm³/mol. The largest absolute Gasteiger partial charge is 0.379 e. The molecule has 0 aliphatic carbocycles. The first-order chi connectivity index (χ1) is 12.3. The molecule has 0 amide bonds. The monoisotopic (exact) mass is 339 g/mol. The molecule has 1 fully saturated rings. The molecule has 1 aromatic heterocycles. The first kappa shape index (κ1) is 17.6. The summed E-state index contributed by atoms with van der Waals surface area (Å²) in [5.74, 6) is 0. The summed E-state index contributed by atoms with van der Waals surface area (Å²) in [6.45, 7) is 5.41. The zero-order valence-electron chi connectivity index (χ0n) is 14.5. The Morgan fingerprint density at radius 3 is 2.56 bits per heavy atom. The molecule has 0 bridgehead atoms. The van der Waals surface area contributed by atoms with Crippen LogP contribution in [0.15, 0.2) is 47.4 Å². The minimum atomic E-state index is -0.0268. The lowest BCUT2D eigenvalue weighted by Crippen LogP contribution is -2.37. The molecule has 0 radical (unpaired) electrons. The van der Waals surface area contributed by atoms with Crippen molar-refractivity contribution in [1.82, 2.24) is 14.7 Å². The maximum Gasteiger partial charge on any atom is 0.274 e. The van der Waals surface area contributed by atoms with Gasteiger partial charge in [0.25, 0.3) is 5.56 Å². The third-order valence-corrected chi connectivity index (χ3v) is 4.39. The van der Waals surface area contributed by atoms with Crippen LogP contribution < -0.4 is 5.56 Å². The molecule has 25 heavy (non-hydrogen) atoms. The van der Waals surface area contributed by atoms with Gasteiger partial charge < -0.3 is 4.74 Å². The molecule has 132 valence electrons. The highest BCUT2D eigenvalue weighted by atomic mass is 16.5. The summed E-state index contributed by atoms with van der Waals surface area (Å²) in [4.78, 5) is 14.9. The molecular weight excluding hydrogens is 314 g/mol. The molecule has 1 saturated heterocycles. The van der Waals surface area contributed by atoms with Crippen molar-refractivity contribution < 1.29 is 4.74 Å². The first-order valence-corrected chi connectivity index (χ1v) is 8.92. The lowest BCUT2D eigenvalue weighted by Gasteiger charge is -2.26. The Bertz CT molecular complexity index is 734. The molecule has 5 nitrogen and oxygen atoms in total. The SMILES string of the molecule is O=c1c(/C=C/c2ccccc2)ccnn1CCCCN1CCOCC1. The zero-order chi connectivity index (χ0) is 17.3. The van der Waals surface area contributed by atoms with Crippen LogP contribution in [0.4, 0.5) is 0 Å². The lowest BCUT2D eigenvalue weighted by atomic mass is 10.2. The van der Waals surface area contributed by atoms with Crippen LogP contribution in [0.5, 0.6) is 0 Å². The number of hydrogen-bond acceptors (Lipinski definition) is 4. The highest BCUT2D eigenvalue weighted by molar-refractivity contribution is 5.68. The molecule has 0 saturated carbocycles. The van der Waals surface area contributed by atoms with E-state index in [1.165, 1.54) is 0 Å². The number of hydrogen-bond donors (Lipinski definition) is 0. The summed E-state index contributed by atoms with van der Waals surface area (Å²) in [5, 5.41) is 4.21. The van der Waals surface area contributed by atoms with Gasteiger partial charge in [-0.3, -0.25) is 9.69 Å². The first-order valence-electron chi connectivity index (χ1n) is 8.92. The van der Waals surface area contributed by atoms with Crippen LogP contribution in [0.1, 0.15) is 24.0 Å². The van der Waals surface area contributed by atoms with Crippen molar-refractivity contribution >= 4 is 12.2 Å². The van der Waals surface area contributed by atoms with E-state index in [0.717, 1.165) is 51.3 Å². The van der Waals surface area contributed by atoms with Crippen molar-refractivity contribution in [1.29, 1.82) is 0 Å². The third-order valence-electron chi connectivity index (χ3n) is 4.39. The smallest absolute Gasteiger partial charge is 0.274 e. The van der Waals surface area contributed by atoms with Crippen LogP contribution in [0.3, 0.4) is 0 Å². The Kier molecular flexibility index (Phi) is 6.54. The van der Waals surface area contributed by atoms with Gasteiger partial charge in [-0.05, 0) is 37.1 Å². The highest BCUT2D eigenvalue weighted by Gasteiger charge is 2.09. The third kappa shape index (κ3) is 5.37. The van der Waals surface area contributed by atoms with Gasteiger partial charge >= 0.3 is 0 Å². The molecule has 5 heteroatoms. The summed E-state index contributed by atoms with van der Waals surface area (Å²) in [7, 11) is 0. The molecule has 1 aromatic carbocycles.